The Morgan fingerprint density at radius 2 is 2.07 bits per heavy atom. The molecule has 1 spiro atoms. The second-order valence-electron chi connectivity index (χ2n) is 7.15. The van der Waals surface area contributed by atoms with Crippen LogP contribution >= 0.6 is 0 Å². The third kappa shape index (κ3) is 4.09. The van der Waals surface area contributed by atoms with Crippen molar-refractivity contribution in [3.63, 3.8) is 0 Å². The van der Waals surface area contributed by atoms with E-state index in [1.54, 1.807) is 0 Å². The number of nitrogens with one attached hydrogen (secondary N) is 2. The van der Waals surface area contributed by atoms with Crippen molar-refractivity contribution >= 4 is 23.8 Å². The second kappa shape index (κ2) is 8.60. The fraction of sp³-hybridized carbons (Fsp3) is 0.500. The molecule has 0 saturated carbocycles. The molecule has 0 aromatic heterocycles. The van der Waals surface area contributed by atoms with Crippen molar-refractivity contribution in [1.29, 1.82) is 0 Å². The Labute approximate surface area is 168 Å². The lowest BCUT2D eigenvalue weighted by Gasteiger charge is -2.33. The van der Waals surface area contributed by atoms with Gasteiger partial charge in [0.25, 0.3) is 11.8 Å². The number of benzene rings is 1. The fourth-order valence-corrected chi connectivity index (χ4v) is 3.79. The van der Waals surface area contributed by atoms with E-state index in [4.69, 9.17) is 9.47 Å². The van der Waals surface area contributed by atoms with E-state index < -0.39 is 42.0 Å². The summed E-state index contributed by atoms with van der Waals surface area (Å²) in [7, 11) is 1.51. The Balaban J connectivity index is 1.66. The molecular formula is C20H25N3O6. The zero-order valence-electron chi connectivity index (χ0n) is 16.5. The van der Waals surface area contributed by atoms with E-state index in [9.17, 15) is 19.2 Å². The number of methoxy groups -OCH3 is 1. The summed E-state index contributed by atoms with van der Waals surface area (Å²) in [6.07, 6.45) is 1.00. The van der Waals surface area contributed by atoms with Crippen LogP contribution in [0.25, 0.3) is 0 Å². The van der Waals surface area contributed by atoms with E-state index in [1.807, 2.05) is 24.3 Å². The van der Waals surface area contributed by atoms with Crippen LogP contribution in [0.3, 0.4) is 0 Å². The van der Waals surface area contributed by atoms with Crippen molar-refractivity contribution in [1.82, 2.24) is 15.5 Å². The van der Waals surface area contributed by atoms with Gasteiger partial charge in [-0.05, 0) is 37.3 Å². The number of aryl methyl sites for hydroxylation is 1. The molecule has 1 aliphatic carbocycles. The summed E-state index contributed by atoms with van der Waals surface area (Å²) >= 11 is 0. The van der Waals surface area contributed by atoms with Gasteiger partial charge in [0.2, 0.25) is 0 Å². The number of carbonyl (C=O) groups excluding carboxylic acids is 4. The zero-order chi connectivity index (χ0) is 21.0. The first kappa shape index (κ1) is 20.8. The Hall–Kier alpha value is -2.94. The predicted molar refractivity (Wildman–Crippen MR) is 102 cm³/mol. The molecule has 1 aromatic carbocycles. The van der Waals surface area contributed by atoms with Crippen LogP contribution in [-0.2, 0) is 35.8 Å². The first-order valence-electron chi connectivity index (χ1n) is 9.57. The van der Waals surface area contributed by atoms with Gasteiger partial charge in [0.15, 0.2) is 6.10 Å². The van der Waals surface area contributed by atoms with Gasteiger partial charge >= 0.3 is 12.0 Å². The SMILES string of the molecule is COCCNC(=O)[C@@H](C)OC(=O)CN1C(=O)N[C@]2(CCCc3ccccc32)C1=O. The number of rotatable bonds is 7. The molecule has 1 heterocycles. The minimum absolute atomic E-state index is 0.284. The smallest absolute Gasteiger partial charge is 0.327 e. The molecule has 9 nitrogen and oxygen atoms in total. The van der Waals surface area contributed by atoms with Gasteiger partial charge in [-0.1, -0.05) is 24.3 Å². The number of amides is 4. The summed E-state index contributed by atoms with van der Waals surface area (Å²) in [5.74, 6) is -1.78. The van der Waals surface area contributed by atoms with Gasteiger partial charge in [-0.3, -0.25) is 19.3 Å². The largest absolute Gasteiger partial charge is 0.451 e. The Morgan fingerprint density at radius 3 is 2.83 bits per heavy atom. The minimum atomic E-state index is -1.14. The maximum absolute atomic E-state index is 13.1. The van der Waals surface area contributed by atoms with Gasteiger partial charge in [0.1, 0.15) is 12.1 Å². The molecule has 29 heavy (non-hydrogen) atoms. The molecule has 2 aliphatic rings. The molecular weight excluding hydrogens is 378 g/mol. The molecule has 4 amide bonds. The van der Waals surface area contributed by atoms with E-state index in [0.29, 0.717) is 13.0 Å². The first-order valence-corrected chi connectivity index (χ1v) is 9.57. The van der Waals surface area contributed by atoms with Gasteiger partial charge in [0.05, 0.1) is 6.61 Å². The highest BCUT2D eigenvalue weighted by Gasteiger charge is 2.54. The van der Waals surface area contributed by atoms with Gasteiger partial charge < -0.3 is 20.1 Å². The number of esters is 1. The molecule has 1 aliphatic heterocycles. The Morgan fingerprint density at radius 1 is 1.31 bits per heavy atom. The topological polar surface area (TPSA) is 114 Å². The lowest BCUT2D eigenvalue weighted by atomic mass is 9.76. The number of hydrogen-bond donors (Lipinski definition) is 2. The lowest BCUT2D eigenvalue weighted by Crippen LogP contribution is -2.47. The normalized spacial score (nSPS) is 21.5. The molecule has 1 fully saturated rings. The van der Waals surface area contributed by atoms with E-state index in [1.165, 1.54) is 14.0 Å². The van der Waals surface area contributed by atoms with Gasteiger partial charge in [-0.15, -0.1) is 0 Å². The monoisotopic (exact) mass is 403 g/mol. The van der Waals surface area contributed by atoms with Crippen LogP contribution < -0.4 is 10.6 Å². The van der Waals surface area contributed by atoms with Gasteiger partial charge in [0, 0.05) is 13.7 Å². The van der Waals surface area contributed by atoms with E-state index >= 15 is 0 Å². The molecule has 3 rings (SSSR count). The average molecular weight is 403 g/mol. The van der Waals surface area contributed by atoms with E-state index in [-0.39, 0.29) is 6.54 Å². The van der Waals surface area contributed by atoms with Crippen LogP contribution in [0.2, 0.25) is 0 Å². The van der Waals surface area contributed by atoms with Crippen LogP contribution in [0.4, 0.5) is 4.79 Å². The number of urea groups is 1. The molecule has 156 valence electrons. The zero-order valence-corrected chi connectivity index (χ0v) is 16.5. The van der Waals surface area contributed by atoms with E-state index in [0.717, 1.165) is 28.9 Å². The summed E-state index contributed by atoms with van der Waals surface area (Å²) in [4.78, 5) is 50.6. The highest BCUT2D eigenvalue weighted by molar-refractivity contribution is 6.09. The highest BCUT2D eigenvalue weighted by Crippen LogP contribution is 2.39. The third-order valence-corrected chi connectivity index (χ3v) is 5.22. The minimum Gasteiger partial charge on any atom is -0.451 e. The number of nitrogens with zero attached hydrogens (tertiary/aromatic N) is 1. The summed E-state index contributed by atoms with van der Waals surface area (Å²) in [5.41, 5.74) is 0.638. The molecule has 1 saturated heterocycles. The molecule has 0 radical (unpaired) electrons. The number of imide groups is 1. The summed E-state index contributed by atoms with van der Waals surface area (Å²) in [6, 6.07) is 6.86. The van der Waals surface area contributed by atoms with Crippen LogP contribution in [0.5, 0.6) is 0 Å². The van der Waals surface area contributed by atoms with Crippen molar-refractivity contribution in [2.45, 2.75) is 37.8 Å². The molecule has 1 aromatic rings. The van der Waals surface area contributed by atoms with Crippen molar-refractivity contribution in [3.05, 3.63) is 35.4 Å². The third-order valence-electron chi connectivity index (χ3n) is 5.22. The number of fused-ring (bicyclic) bond motifs is 2. The maximum atomic E-state index is 13.1. The average Bonchev–Trinajstić information content (AvgIpc) is 2.93. The van der Waals surface area contributed by atoms with E-state index in [2.05, 4.69) is 10.6 Å². The summed E-state index contributed by atoms with van der Waals surface area (Å²) in [6.45, 7) is 1.49. The second-order valence-corrected chi connectivity index (χ2v) is 7.15. The number of carbonyl (C=O) groups is 4. The van der Waals surface area contributed by atoms with Crippen LogP contribution in [0.1, 0.15) is 30.9 Å². The quantitative estimate of drug-likeness (QED) is 0.389. The van der Waals surface area contributed by atoms with Crippen LogP contribution in [0, 0.1) is 0 Å². The standard InChI is InChI=1S/C20H25N3O6/c1-13(17(25)21-10-11-28-2)29-16(24)12-23-18(26)20(22-19(23)27)9-5-7-14-6-3-4-8-15(14)20/h3-4,6,8,13H,5,7,9-12H2,1-2H3,(H,21,25)(H,22,27)/t13-,20+/m1/s1. The van der Waals surface area contributed by atoms with Crippen molar-refractivity contribution < 1.29 is 28.7 Å². The van der Waals surface area contributed by atoms with Gasteiger partial charge in [-0.2, -0.15) is 0 Å². The van der Waals surface area contributed by atoms with Crippen LogP contribution in [-0.4, -0.2) is 61.6 Å². The fourth-order valence-electron chi connectivity index (χ4n) is 3.79. The Bertz CT molecular complexity index is 826. The molecule has 2 N–H and O–H groups in total. The lowest BCUT2D eigenvalue weighted by molar-refractivity contribution is -0.156. The molecule has 0 bridgehead atoms. The Kier molecular flexibility index (Phi) is 6.17. The van der Waals surface area contributed by atoms with Crippen molar-refractivity contribution in [2.75, 3.05) is 26.8 Å². The first-order chi connectivity index (χ1) is 13.9. The molecule has 2 atom stereocenters. The maximum Gasteiger partial charge on any atom is 0.327 e. The summed E-state index contributed by atoms with van der Waals surface area (Å²) in [5, 5.41) is 5.33. The van der Waals surface area contributed by atoms with Crippen molar-refractivity contribution in [3.8, 4) is 0 Å². The molecule has 0 unspecified atom stereocenters. The number of hydrogen-bond acceptors (Lipinski definition) is 6. The van der Waals surface area contributed by atoms with Crippen molar-refractivity contribution in [2.24, 2.45) is 0 Å². The number of ether oxygens (including phenoxy) is 2. The van der Waals surface area contributed by atoms with Gasteiger partial charge in [-0.25, -0.2) is 4.79 Å². The van der Waals surface area contributed by atoms with Crippen LogP contribution in [0.15, 0.2) is 24.3 Å². The predicted octanol–water partition coefficient (Wildman–Crippen LogP) is 0.464. The molecule has 9 heteroatoms. The highest BCUT2D eigenvalue weighted by atomic mass is 16.5. The summed E-state index contributed by atoms with van der Waals surface area (Å²) < 4.78 is 9.91.